The van der Waals surface area contributed by atoms with E-state index in [0.29, 0.717) is 16.5 Å². The first-order valence-electron chi connectivity index (χ1n) is 4.95. The molecule has 2 aromatic rings. The van der Waals surface area contributed by atoms with Gasteiger partial charge in [0, 0.05) is 4.90 Å². The van der Waals surface area contributed by atoms with E-state index in [1.165, 1.54) is 28.7 Å². The molecule has 0 amide bonds. The van der Waals surface area contributed by atoms with Gasteiger partial charge in [0.1, 0.15) is 5.82 Å². The van der Waals surface area contributed by atoms with E-state index in [4.69, 9.17) is 5.11 Å². The van der Waals surface area contributed by atoms with Gasteiger partial charge in [-0.25, -0.2) is 9.18 Å². The molecule has 0 spiro atoms. The van der Waals surface area contributed by atoms with Crippen LogP contribution in [0.2, 0.25) is 0 Å². The van der Waals surface area contributed by atoms with E-state index in [0.717, 1.165) is 6.07 Å². The molecule has 0 atom stereocenters. The number of aryl methyl sites for hydroxylation is 1. The lowest BCUT2D eigenvalue weighted by atomic mass is 10.2. The van der Waals surface area contributed by atoms with Crippen LogP contribution in [0.4, 0.5) is 4.39 Å². The van der Waals surface area contributed by atoms with Crippen molar-refractivity contribution in [3.8, 4) is 0 Å². The fraction of sp³-hybridized carbons (Fsp3) is 0.200. The molecule has 0 saturated carbocycles. The number of hydrogen-bond acceptors (Lipinski definition) is 5. The summed E-state index contributed by atoms with van der Waals surface area (Å²) in [4.78, 5) is 12.7. The number of aromatic carboxylic acids is 1. The lowest BCUT2D eigenvalue weighted by Crippen LogP contribution is -2.00. The Morgan fingerprint density at radius 3 is 2.94 bits per heavy atom. The van der Waals surface area contributed by atoms with Gasteiger partial charge < -0.3 is 5.11 Å². The third kappa shape index (κ3) is 2.83. The van der Waals surface area contributed by atoms with Gasteiger partial charge in [-0.2, -0.15) is 4.80 Å². The van der Waals surface area contributed by atoms with Crippen LogP contribution in [0.25, 0.3) is 0 Å². The van der Waals surface area contributed by atoms with E-state index < -0.39 is 11.8 Å². The molecule has 8 heteroatoms. The highest BCUT2D eigenvalue weighted by molar-refractivity contribution is 7.98. The zero-order chi connectivity index (χ0) is 13.1. The Labute approximate surface area is 106 Å². The Kier molecular flexibility index (Phi) is 3.56. The van der Waals surface area contributed by atoms with Crippen LogP contribution >= 0.6 is 11.8 Å². The normalized spacial score (nSPS) is 10.6. The maximum atomic E-state index is 13.2. The van der Waals surface area contributed by atoms with Crippen molar-refractivity contribution in [1.29, 1.82) is 0 Å². The lowest BCUT2D eigenvalue weighted by molar-refractivity contribution is 0.0691. The summed E-state index contributed by atoms with van der Waals surface area (Å²) in [6, 6.07) is 3.94. The number of benzene rings is 1. The highest BCUT2D eigenvalue weighted by Crippen LogP contribution is 2.23. The van der Waals surface area contributed by atoms with Gasteiger partial charge in [-0.1, -0.05) is 0 Å². The number of nitrogens with zero attached hydrogens (tertiary/aromatic N) is 4. The summed E-state index contributed by atoms with van der Waals surface area (Å²) in [6.45, 7) is 0. The Morgan fingerprint density at radius 1 is 1.56 bits per heavy atom. The van der Waals surface area contributed by atoms with Gasteiger partial charge in [0.25, 0.3) is 0 Å². The number of rotatable bonds is 4. The Bertz CT molecular complexity index is 587. The zero-order valence-electron chi connectivity index (χ0n) is 9.37. The summed E-state index contributed by atoms with van der Waals surface area (Å²) < 4.78 is 13.2. The average Bonchev–Trinajstić information content (AvgIpc) is 2.74. The number of aromatic nitrogens is 4. The van der Waals surface area contributed by atoms with Crippen molar-refractivity contribution in [3.05, 3.63) is 35.4 Å². The van der Waals surface area contributed by atoms with Crippen LogP contribution in [-0.2, 0) is 12.8 Å². The Balaban J connectivity index is 2.10. The smallest absolute Gasteiger partial charge is 0.338 e. The predicted octanol–water partition coefficient (Wildman–Crippen LogP) is 1.34. The zero-order valence-corrected chi connectivity index (χ0v) is 10.2. The van der Waals surface area contributed by atoms with E-state index in [-0.39, 0.29) is 5.56 Å². The molecular formula is C10H9FN4O2S. The molecule has 0 unspecified atom stereocenters. The number of carboxylic acids is 1. The largest absolute Gasteiger partial charge is 0.478 e. The molecular weight excluding hydrogens is 259 g/mol. The lowest BCUT2D eigenvalue weighted by Gasteiger charge is -2.01. The topological polar surface area (TPSA) is 80.9 Å². The molecule has 1 heterocycles. The van der Waals surface area contributed by atoms with Crippen molar-refractivity contribution in [2.45, 2.75) is 10.6 Å². The molecule has 0 aliphatic carbocycles. The van der Waals surface area contributed by atoms with Crippen LogP contribution in [0, 0.1) is 5.82 Å². The summed E-state index contributed by atoms with van der Waals surface area (Å²) >= 11 is 1.32. The first-order chi connectivity index (χ1) is 8.56. The van der Waals surface area contributed by atoms with Crippen LogP contribution in [0.1, 0.15) is 16.2 Å². The average molecular weight is 268 g/mol. The molecule has 0 fully saturated rings. The summed E-state index contributed by atoms with van der Waals surface area (Å²) in [5, 5.41) is 20.2. The van der Waals surface area contributed by atoms with Crippen LogP contribution < -0.4 is 0 Å². The second kappa shape index (κ2) is 5.13. The highest BCUT2D eigenvalue weighted by Gasteiger charge is 2.11. The summed E-state index contributed by atoms with van der Waals surface area (Å²) in [5.41, 5.74) is -0.341. The monoisotopic (exact) mass is 268 g/mol. The van der Waals surface area contributed by atoms with E-state index >= 15 is 0 Å². The standard InChI is InChI=1S/C10H9FN4O2S/c1-15-13-9(12-14-15)5-18-6-2-3-8(11)7(4-6)10(16)17/h2-4H,5H2,1H3,(H,16,17). The number of hydrogen-bond donors (Lipinski definition) is 1. The fourth-order valence-electron chi connectivity index (χ4n) is 1.29. The first kappa shape index (κ1) is 12.5. The highest BCUT2D eigenvalue weighted by atomic mass is 32.2. The van der Waals surface area contributed by atoms with Crippen molar-refractivity contribution in [1.82, 2.24) is 20.2 Å². The number of carbonyl (C=O) groups is 1. The minimum absolute atomic E-state index is 0.341. The third-order valence-electron chi connectivity index (χ3n) is 2.09. The molecule has 0 radical (unpaired) electrons. The molecule has 0 saturated heterocycles. The number of thioether (sulfide) groups is 1. The van der Waals surface area contributed by atoms with Gasteiger partial charge in [-0.3, -0.25) is 0 Å². The summed E-state index contributed by atoms with van der Waals surface area (Å²) in [6.07, 6.45) is 0. The predicted molar refractivity (Wildman–Crippen MR) is 61.7 cm³/mol. The van der Waals surface area contributed by atoms with Crippen LogP contribution in [0.5, 0.6) is 0 Å². The third-order valence-corrected chi connectivity index (χ3v) is 3.08. The SMILES string of the molecule is Cn1nnc(CSc2ccc(F)c(C(=O)O)c2)n1. The van der Waals surface area contributed by atoms with Gasteiger partial charge in [0.05, 0.1) is 18.4 Å². The molecule has 2 rings (SSSR count). The molecule has 0 bridgehead atoms. The molecule has 1 aromatic carbocycles. The summed E-state index contributed by atoms with van der Waals surface area (Å²) in [7, 11) is 1.65. The van der Waals surface area contributed by atoms with Gasteiger partial charge >= 0.3 is 5.97 Å². The van der Waals surface area contributed by atoms with E-state index in [1.807, 2.05) is 0 Å². The van der Waals surface area contributed by atoms with Crippen LogP contribution in [0.15, 0.2) is 23.1 Å². The molecule has 0 aliphatic heterocycles. The molecule has 0 aliphatic rings. The van der Waals surface area contributed by atoms with Crippen LogP contribution in [0.3, 0.4) is 0 Å². The molecule has 1 aromatic heterocycles. The maximum Gasteiger partial charge on any atom is 0.338 e. The number of tetrazole rings is 1. The molecule has 6 nitrogen and oxygen atoms in total. The summed E-state index contributed by atoms with van der Waals surface area (Å²) in [5.74, 6) is -1.06. The Hall–Kier alpha value is -1.96. The number of halogens is 1. The van der Waals surface area contributed by atoms with Crippen molar-refractivity contribution >= 4 is 17.7 Å². The van der Waals surface area contributed by atoms with E-state index in [9.17, 15) is 9.18 Å². The van der Waals surface area contributed by atoms with Gasteiger partial charge in [0.2, 0.25) is 0 Å². The minimum Gasteiger partial charge on any atom is -0.478 e. The second-order valence-corrected chi connectivity index (χ2v) is 4.48. The quantitative estimate of drug-likeness (QED) is 0.843. The maximum absolute atomic E-state index is 13.2. The van der Waals surface area contributed by atoms with Crippen molar-refractivity contribution in [2.24, 2.45) is 7.05 Å². The molecule has 18 heavy (non-hydrogen) atoms. The number of carboxylic acid groups (broad SMARTS) is 1. The van der Waals surface area contributed by atoms with Crippen molar-refractivity contribution < 1.29 is 14.3 Å². The van der Waals surface area contributed by atoms with E-state index in [2.05, 4.69) is 15.4 Å². The van der Waals surface area contributed by atoms with Gasteiger partial charge in [-0.05, 0) is 23.4 Å². The Morgan fingerprint density at radius 2 is 2.33 bits per heavy atom. The van der Waals surface area contributed by atoms with Gasteiger partial charge in [-0.15, -0.1) is 22.0 Å². The first-order valence-corrected chi connectivity index (χ1v) is 5.93. The fourth-order valence-corrected chi connectivity index (χ4v) is 2.06. The van der Waals surface area contributed by atoms with Crippen LogP contribution in [-0.4, -0.2) is 31.3 Å². The van der Waals surface area contributed by atoms with Crippen molar-refractivity contribution in [3.63, 3.8) is 0 Å². The van der Waals surface area contributed by atoms with Gasteiger partial charge in [0.15, 0.2) is 5.82 Å². The second-order valence-electron chi connectivity index (χ2n) is 3.43. The van der Waals surface area contributed by atoms with Crippen molar-refractivity contribution in [2.75, 3.05) is 0 Å². The minimum atomic E-state index is -1.28. The van der Waals surface area contributed by atoms with E-state index in [1.54, 1.807) is 7.05 Å². The molecule has 1 N–H and O–H groups in total. The molecule has 94 valence electrons.